The zero-order chi connectivity index (χ0) is 20.1. The molecular weight excluding hydrogens is 392 g/mol. The Morgan fingerprint density at radius 1 is 1.03 bits per heavy atom. The summed E-state index contributed by atoms with van der Waals surface area (Å²) in [5, 5.41) is 12.2. The normalized spacial score (nSPS) is 15.1. The molecule has 1 fully saturated rings. The van der Waals surface area contributed by atoms with Crippen LogP contribution >= 0.6 is 11.8 Å². The van der Waals surface area contributed by atoms with Crippen LogP contribution in [0.1, 0.15) is 11.1 Å². The highest BCUT2D eigenvalue weighted by atomic mass is 32.2. The highest BCUT2D eigenvalue weighted by Gasteiger charge is 2.19. The van der Waals surface area contributed by atoms with Gasteiger partial charge in [0.15, 0.2) is 5.65 Å². The standard InChI is InChI=1S/C23H20N6S/c1-14(15-6-7-22-20(9-15)27-19-4-2-3-5-21(19)30-22)16-8-17-11-26-29(23(17)25-10-16)28-18-12-24-13-18/h2-11,18,24,27-28H,1,12-13H2. The van der Waals surface area contributed by atoms with E-state index >= 15 is 0 Å². The average molecular weight is 413 g/mol. The van der Waals surface area contributed by atoms with Crippen molar-refractivity contribution in [3.63, 3.8) is 0 Å². The Morgan fingerprint density at radius 3 is 2.77 bits per heavy atom. The van der Waals surface area contributed by atoms with Crippen LogP contribution < -0.4 is 16.1 Å². The lowest BCUT2D eigenvalue weighted by Crippen LogP contribution is -2.54. The minimum absolute atomic E-state index is 0.399. The van der Waals surface area contributed by atoms with Crippen LogP contribution in [0.4, 0.5) is 11.4 Å². The molecule has 4 aromatic rings. The molecule has 0 bridgehead atoms. The smallest absolute Gasteiger partial charge is 0.180 e. The molecule has 2 aliphatic rings. The van der Waals surface area contributed by atoms with E-state index in [0.29, 0.717) is 6.04 Å². The molecule has 2 aliphatic heterocycles. The predicted molar refractivity (Wildman–Crippen MR) is 122 cm³/mol. The summed E-state index contributed by atoms with van der Waals surface area (Å²) in [6.45, 7) is 6.25. The van der Waals surface area contributed by atoms with E-state index in [9.17, 15) is 0 Å². The Morgan fingerprint density at radius 2 is 1.90 bits per heavy atom. The number of fused-ring (bicyclic) bond motifs is 3. The maximum atomic E-state index is 4.65. The lowest BCUT2D eigenvalue weighted by Gasteiger charge is -2.28. The molecule has 0 spiro atoms. The lowest BCUT2D eigenvalue weighted by atomic mass is 10.00. The quantitative estimate of drug-likeness (QED) is 0.411. The summed E-state index contributed by atoms with van der Waals surface area (Å²) in [5.74, 6) is 0. The van der Waals surface area contributed by atoms with E-state index in [0.717, 1.165) is 52.2 Å². The third kappa shape index (κ3) is 2.94. The van der Waals surface area contributed by atoms with Crippen LogP contribution in [0, 0.1) is 0 Å². The molecule has 0 atom stereocenters. The first-order valence-corrected chi connectivity index (χ1v) is 10.7. The van der Waals surface area contributed by atoms with Gasteiger partial charge in [-0.05, 0) is 41.5 Å². The molecule has 0 aliphatic carbocycles. The molecule has 0 saturated carbocycles. The number of pyridine rings is 1. The second-order valence-corrected chi connectivity index (χ2v) is 8.67. The first-order chi connectivity index (χ1) is 14.7. The summed E-state index contributed by atoms with van der Waals surface area (Å²) < 4.78 is 0. The molecular formula is C23H20N6S. The fraction of sp³-hybridized carbons (Fsp3) is 0.130. The van der Waals surface area contributed by atoms with Gasteiger partial charge < -0.3 is 16.1 Å². The molecule has 2 aromatic heterocycles. The van der Waals surface area contributed by atoms with Crippen molar-refractivity contribution in [3.8, 4) is 0 Å². The molecule has 0 amide bonds. The summed E-state index contributed by atoms with van der Waals surface area (Å²) in [6, 6.07) is 17.3. The number of anilines is 2. The van der Waals surface area contributed by atoms with Gasteiger partial charge in [0.1, 0.15) is 0 Å². The van der Waals surface area contributed by atoms with Crippen LogP contribution in [0.2, 0.25) is 0 Å². The second kappa shape index (κ2) is 6.90. The number of hydrogen-bond donors (Lipinski definition) is 3. The SMILES string of the molecule is C=C(c1ccc2c(c1)Nc1ccccc1S2)c1cnc2c(cnn2NC2CNC2)c1. The van der Waals surface area contributed by atoms with Crippen LogP contribution in [-0.4, -0.2) is 34.0 Å². The van der Waals surface area contributed by atoms with E-state index in [2.05, 4.69) is 81.3 Å². The summed E-state index contributed by atoms with van der Waals surface area (Å²) in [4.78, 5) is 8.89. The largest absolute Gasteiger partial charge is 0.354 e. The third-order valence-electron chi connectivity index (χ3n) is 5.55. The van der Waals surface area contributed by atoms with Gasteiger partial charge in [0, 0.05) is 40.0 Å². The molecule has 0 radical (unpaired) electrons. The highest BCUT2D eigenvalue weighted by Crippen LogP contribution is 2.44. The lowest BCUT2D eigenvalue weighted by molar-refractivity contribution is 0.434. The van der Waals surface area contributed by atoms with Crippen molar-refractivity contribution in [1.29, 1.82) is 0 Å². The van der Waals surface area contributed by atoms with Crippen molar-refractivity contribution in [2.75, 3.05) is 23.8 Å². The topological polar surface area (TPSA) is 66.8 Å². The molecule has 148 valence electrons. The number of nitrogens with one attached hydrogen (secondary N) is 3. The zero-order valence-corrected chi connectivity index (χ0v) is 17.0. The van der Waals surface area contributed by atoms with E-state index in [1.165, 1.54) is 9.79 Å². The van der Waals surface area contributed by atoms with Gasteiger partial charge in [0.25, 0.3) is 0 Å². The number of nitrogens with zero attached hydrogens (tertiary/aromatic N) is 3. The predicted octanol–water partition coefficient (Wildman–Crippen LogP) is 4.22. The average Bonchev–Trinajstić information content (AvgIpc) is 3.16. The minimum Gasteiger partial charge on any atom is -0.354 e. The van der Waals surface area contributed by atoms with Crippen molar-refractivity contribution >= 4 is 39.7 Å². The zero-order valence-electron chi connectivity index (χ0n) is 16.2. The molecule has 6 nitrogen and oxygen atoms in total. The first kappa shape index (κ1) is 17.6. The van der Waals surface area contributed by atoms with Crippen molar-refractivity contribution in [2.24, 2.45) is 0 Å². The summed E-state index contributed by atoms with van der Waals surface area (Å²) in [5.41, 5.74) is 9.47. The number of para-hydroxylation sites is 1. The third-order valence-corrected chi connectivity index (χ3v) is 6.70. The Kier molecular flexibility index (Phi) is 4.04. The van der Waals surface area contributed by atoms with Gasteiger partial charge in [-0.3, -0.25) is 0 Å². The number of aromatic nitrogens is 3. The second-order valence-electron chi connectivity index (χ2n) is 7.59. The van der Waals surface area contributed by atoms with Crippen molar-refractivity contribution < 1.29 is 0 Å². The van der Waals surface area contributed by atoms with Gasteiger partial charge in [-0.25, -0.2) is 4.98 Å². The van der Waals surface area contributed by atoms with Crippen LogP contribution in [-0.2, 0) is 0 Å². The van der Waals surface area contributed by atoms with Gasteiger partial charge in [0.2, 0.25) is 0 Å². The van der Waals surface area contributed by atoms with Crippen LogP contribution in [0.25, 0.3) is 16.6 Å². The minimum atomic E-state index is 0.399. The van der Waals surface area contributed by atoms with Gasteiger partial charge >= 0.3 is 0 Å². The Bertz CT molecular complexity index is 1290. The van der Waals surface area contributed by atoms with Gasteiger partial charge in [-0.1, -0.05) is 36.5 Å². The van der Waals surface area contributed by atoms with Gasteiger partial charge in [0.05, 0.1) is 23.6 Å². The molecule has 3 N–H and O–H groups in total. The van der Waals surface area contributed by atoms with E-state index in [1.807, 2.05) is 12.4 Å². The number of rotatable bonds is 4. The molecule has 30 heavy (non-hydrogen) atoms. The van der Waals surface area contributed by atoms with E-state index < -0.39 is 0 Å². The van der Waals surface area contributed by atoms with Crippen molar-refractivity contribution in [3.05, 3.63) is 78.6 Å². The molecule has 1 saturated heterocycles. The molecule has 0 unspecified atom stereocenters. The Labute approximate surface area is 178 Å². The molecule has 6 rings (SSSR count). The van der Waals surface area contributed by atoms with Crippen LogP contribution in [0.5, 0.6) is 0 Å². The summed E-state index contributed by atoms with van der Waals surface area (Å²) in [7, 11) is 0. The van der Waals surface area contributed by atoms with Gasteiger partial charge in [-0.15, -0.1) is 0 Å². The van der Waals surface area contributed by atoms with Gasteiger partial charge in [-0.2, -0.15) is 9.89 Å². The number of benzene rings is 2. The monoisotopic (exact) mass is 412 g/mol. The first-order valence-electron chi connectivity index (χ1n) is 9.93. The molecule has 2 aromatic carbocycles. The van der Waals surface area contributed by atoms with E-state index in [1.54, 1.807) is 16.6 Å². The Balaban J connectivity index is 1.29. The summed E-state index contributed by atoms with van der Waals surface area (Å²) >= 11 is 1.79. The fourth-order valence-corrected chi connectivity index (χ4v) is 4.70. The molecule has 4 heterocycles. The van der Waals surface area contributed by atoms with E-state index in [-0.39, 0.29) is 0 Å². The highest BCUT2D eigenvalue weighted by molar-refractivity contribution is 7.99. The molecule has 7 heteroatoms. The maximum Gasteiger partial charge on any atom is 0.180 e. The van der Waals surface area contributed by atoms with Crippen molar-refractivity contribution in [1.82, 2.24) is 20.2 Å². The summed E-state index contributed by atoms with van der Waals surface area (Å²) in [6.07, 6.45) is 3.72. The Hall–Kier alpha value is -3.29. The number of hydrogen-bond acceptors (Lipinski definition) is 6. The van der Waals surface area contributed by atoms with Crippen molar-refractivity contribution in [2.45, 2.75) is 15.8 Å². The van der Waals surface area contributed by atoms with E-state index in [4.69, 9.17) is 0 Å². The maximum absolute atomic E-state index is 4.65. The fourth-order valence-electron chi connectivity index (χ4n) is 3.73. The van der Waals surface area contributed by atoms with Crippen LogP contribution in [0.15, 0.2) is 77.3 Å². The van der Waals surface area contributed by atoms with Crippen LogP contribution in [0.3, 0.4) is 0 Å².